The maximum atomic E-state index is 12.4. The summed E-state index contributed by atoms with van der Waals surface area (Å²) in [5.41, 5.74) is 0.992. The maximum Gasteiger partial charge on any atom is 0.248 e. The highest BCUT2D eigenvalue weighted by Gasteiger charge is 2.27. The Morgan fingerprint density at radius 3 is 2.43 bits per heavy atom. The van der Waals surface area contributed by atoms with E-state index in [0.29, 0.717) is 46.6 Å². The number of ether oxygens (including phenoxy) is 3. The minimum atomic E-state index is -0.548. The lowest BCUT2D eigenvalue weighted by molar-refractivity contribution is -0.122. The van der Waals surface area contributed by atoms with Crippen molar-refractivity contribution in [3.63, 3.8) is 0 Å². The van der Waals surface area contributed by atoms with Crippen LogP contribution in [0.3, 0.4) is 0 Å². The van der Waals surface area contributed by atoms with Crippen molar-refractivity contribution < 1.29 is 28.6 Å². The average molecular weight is 434 g/mol. The Morgan fingerprint density at radius 2 is 1.87 bits per heavy atom. The molecule has 1 aromatic carbocycles. The number of benzene rings is 1. The van der Waals surface area contributed by atoms with Gasteiger partial charge < -0.3 is 30.2 Å². The lowest BCUT2D eigenvalue weighted by Gasteiger charge is -2.14. The van der Waals surface area contributed by atoms with E-state index in [1.54, 1.807) is 17.5 Å². The lowest BCUT2D eigenvalue weighted by Crippen LogP contribution is -2.37. The van der Waals surface area contributed by atoms with E-state index in [2.05, 4.69) is 20.9 Å². The molecule has 1 fully saturated rings. The molecule has 3 amide bonds. The second-order valence-electron chi connectivity index (χ2n) is 6.43. The number of hydrogen-bond donors (Lipinski definition) is 3. The average Bonchev–Trinajstić information content (AvgIpc) is 3.35. The highest BCUT2D eigenvalue weighted by Crippen LogP contribution is 2.39. The van der Waals surface area contributed by atoms with Gasteiger partial charge in [-0.25, -0.2) is 4.98 Å². The van der Waals surface area contributed by atoms with Crippen LogP contribution in [0, 0.1) is 0 Å². The van der Waals surface area contributed by atoms with Crippen LogP contribution < -0.4 is 30.2 Å². The van der Waals surface area contributed by atoms with E-state index in [-0.39, 0.29) is 24.1 Å². The molecule has 3 N–H and O–H groups in total. The van der Waals surface area contributed by atoms with Crippen molar-refractivity contribution in [3.05, 3.63) is 23.2 Å². The van der Waals surface area contributed by atoms with Gasteiger partial charge in [0.15, 0.2) is 16.6 Å². The quantitative estimate of drug-likeness (QED) is 0.575. The van der Waals surface area contributed by atoms with Crippen molar-refractivity contribution in [2.45, 2.75) is 25.3 Å². The van der Waals surface area contributed by atoms with Gasteiger partial charge in [-0.3, -0.25) is 14.4 Å². The van der Waals surface area contributed by atoms with Gasteiger partial charge in [-0.2, -0.15) is 0 Å². The molecule has 1 atom stereocenters. The van der Waals surface area contributed by atoms with Crippen LogP contribution in [-0.2, 0) is 20.8 Å². The standard InChI is InChI=1S/C19H22N4O6S/c1-27-13-6-10(7-14(28-2)17(13)29-3)20-16(25)8-11-9-30-19(21-11)23-18(26)12-4-5-15(24)22-12/h6-7,9,12H,4-5,8H2,1-3H3,(H,20,25)(H,22,24)(H,21,23,26). The van der Waals surface area contributed by atoms with E-state index in [1.165, 1.54) is 32.7 Å². The number of hydrogen-bond acceptors (Lipinski definition) is 8. The second-order valence-corrected chi connectivity index (χ2v) is 7.29. The molecule has 0 radical (unpaired) electrons. The summed E-state index contributed by atoms with van der Waals surface area (Å²) >= 11 is 1.21. The molecular formula is C19H22N4O6S. The SMILES string of the molecule is COc1cc(NC(=O)Cc2csc(NC(=O)C3CCC(=O)N3)n2)cc(OC)c1OC. The molecule has 30 heavy (non-hydrogen) atoms. The van der Waals surface area contributed by atoms with Gasteiger partial charge in [-0.05, 0) is 6.42 Å². The third-order valence-corrected chi connectivity index (χ3v) is 5.19. The third-order valence-electron chi connectivity index (χ3n) is 4.38. The summed E-state index contributed by atoms with van der Waals surface area (Å²) in [6.07, 6.45) is 0.811. The molecule has 3 rings (SSSR count). The number of aromatic nitrogens is 1. The van der Waals surface area contributed by atoms with E-state index in [4.69, 9.17) is 14.2 Å². The molecule has 0 aliphatic carbocycles. The Kier molecular flexibility index (Phi) is 6.72. The number of amides is 3. The molecule has 11 heteroatoms. The molecule has 0 spiro atoms. The summed E-state index contributed by atoms with van der Waals surface area (Å²) in [4.78, 5) is 40.0. The molecule has 2 heterocycles. The summed E-state index contributed by atoms with van der Waals surface area (Å²) in [5, 5.41) is 10.1. The predicted octanol–water partition coefficient (Wildman–Crippen LogP) is 1.57. The second kappa shape index (κ2) is 9.44. The monoisotopic (exact) mass is 434 g/mol. The maximum absolute atomic E-state index is 12.4. The predicted molar refractivity (Wildman–Crippen MR) is 110 cm³/mol. The van der Waals surface area contributed by atoms with Crippen molar-refractivity contribution in [2.75, 3.05) is 32.0 Å². The summed E-state index contributed by atoms with van der Waals surface area (Å²) < 4.78 is 15.8. The van der Waals surface area contributed by atoms with E-state index in [9.17, 15) is 14.4 Å². The molecule has 0 bridgehead atoms. The van der Waals surface area contributed by atoms with Crippen molar-refractivity contribution in [1.82, 2.24) is 10.3 Å². The van der Waals surface area contributed by atoms with Crippen molar-refractivity contribution in [1.29, 1.82) is 0 Å². The molecule has 1 aromatic heterocycles. The van der Waals surface area contributed by atoms with E-state index in [0.717, 1.165) is 0 Å². The van der Waals surface area contributed by atoms with Crippen LogP contribution in [0.4, 0.5) is 10.8 Å². The highest BCUT2D eigenvalue weighted by molar-refractivity contribution is 7.13. The number of methoxy groups -OCH3 is 3. The Morgan fingerprint density at radius 1 is 1.17 bits per heavy atom. The third kappa shape index (κ3) is 4.98. The van der Waals surface area contributed by atoms with Crippen LogP contribution in [0.25, 0.3) is 0 Å². The Hall–Kier alpha value is -3.34. The minimum absolute atomic E-state index is 0.0171. The van der Waals surface area contributed by atoms with Gasteiger partial charge in [0, 0.05) is 29.6 Å². The zero-order chi connectivity index (χ0) is 21.7. The van der Waals surface area contributed by atoms with E-state index < -0.39 is 6.04 Å². The number of carbonyl (C=O) groups excluding carboxylic acids is 3. The topological polar surface area (TPSA) is 128 Å². The summed E-state index contributed by atoms with van der Waals surface area (Å²) in [6, 6.07) is 2.71. The zero-order valence-electron chi connectivity index (χ0n) is 16.7. The summed E-state index contributed by atoms with van der Waals surface area (Å²) in [7, 11) is 4.48. The fraction of sp³-hybridized carbons (Fsp3) is 0.368. The van der Waals surface area contributed by atoms with Crippen molar-refractivity contribution in [3.8, 4) is 17.2 Å². The molecule has 0 saturated carbocycles. The van der Waals surface area contributed by atoms with Gasteiger partial charge in [-0.15, -0.1) is 11.3 Å². The van der Waals surface area contributed by atoms with Crippen LogP contribution in [0.1, 0.15) is 18.5 Å². The number of nitrogens with zero attached hydrogens (tertiary/aromatic N) is 1. The normalized spacial score (nSPS) is 15.3. The van der Waals surface area contributed by atoms with Crippen molar-refractivity contribution in [2.24, 2.45) is 0 Å². The fourth-order valence-corrected chi connectivity index (χ4v) is 3.68. The molecule has 2 aromatic rings. The zero-order valence-corrected chi connectivity index (χ0v) is 17.6. The van der Waals surface area contributed by atoms with Gasteiger partial charge in [0.25, 0.3) is 0 Å². The Bertz CT molecular complexity index is 935. The lowest BCUT2D eigenvalue weighted by atomic mass is 10.2. The largest absolute Gasteiger partial charge is 0.493 e. The molecular weight excluding hydrogens is 412 g/mol. The van der Waals surface area contributed by atoms with Crippen molar-refractivity contribution >= 4 is 39.9 Å². The molecule has 160 valence electrons. The van der Waals surface area contributed by atoms with Crippen LogP contribution in [0.15, 0.2) is 17.5 Å². The Labute approximate surface area is 176 Å². The van der Waals surface area contributed by atoms with Crippen LogP contribution >= 0.6 is 11.3 Å². The number of anilines is 2. The van der Waals surface area contributed by atoms with Gasteiger partial charge in [0.05, 0.1) is 33.4 Å². The fourth-order valence-electron chi connectivity index (χ4n) is 2.97. The van der Waals surface area contributed by atoms with Gasteiger partial charge >= 0.3 is 0 Å². The smallest absolute Gasteiger partial charge is 0.248 e. The molecule has 1 unspecified atom stereocenters. The highest BCUT2D eigenvalue weighted by atomic mass is 32.1. The van der Waals surface area contributed by atoms with Gasteiger partial charge in [0.1, 0.15) is 6.04 Å². The first-order valence-electron chi connectivity index (χ1n) is 9.08. The molecule has 1 aliphatic rings. The van der Waals surface area contributed by atoms with Crippen LogP contribution in [0.2, 0.25) is 0 Å². The molecule has 1 saturated heterocycles. The number of rotatable bonds is 8. The van der Waals surface area contributed by atoms with Crippen LogP contribution in [0.5, 0.6) is 17.2 Å². The van der Waals surface area contributed by atoms with Gasteiger partial charge in [0.2, 0.25) is 23.5 Å². The first-order valence-corrected chi connectivity index (χ1v) is 9.96. The van der Waals surface area contributed by atoms with E-state index in [1.807, 2.05) is 0 Å². The summed E-state index contributed by atoms with van der Waals surface area (Å²) in [5.74, 6) is 0.517. The van der Waals surface area contributed by atoms with Gasteiger partial charge in [-0.1, -0.05) is 0 Å². The first-order chi connectivity index (χ1) is 14.4. The Balaban J connectivity index is 1.60. The molecule has 1 aliphatic heterocycles. The number of nitrogens with one attached hydrogen (secondary N) is 3. The summed E-state index contributed by atoms with van der Waals surface area (Å²) in [6.45, 7) is 0. The first kappa shape index (κ1) is 21.4. The number of carbonyl (C=O) groups is 3. The minimum Gasteiger partial charge on any atom is -0.493 e. The number of thiazole rings is 1. The molecule has 10 nitrogen and oxygen atoms in total. The van der Waals surface area contributed by atoms with Crippen LogP contribution in [-0.4, -0.2) is 50.1 Å². The van der Waals surface area contributed by atoms with E-state index >= 15 is 0 Å².